The molecule has 0 fully saturated rings. The summed E-state index contributed by atoms with van der Waals surface area (Å²) in [7, 11) is -3.57. The van der Waals surface area contributed by atoms with Crippen molar-refractivity contribution < 1.29 is 22.3 Å². The first kappa shape index (κ1) is 15.5. The van der Waals surface area contributed by atoms with Crippen LogP contribution < -0.4 is 10.0 Å². The van der Waals surface area contributed by atoms with Crippen LogP contribution in [0.15, 0.2) is 12.1 Å². The molecule has 0 aliphatic heterocycles. The number of ether oxygens (including phenoxy) is 1. The summed E-state index contributed by atoms with van der Waals surface area (Å²) >= 11 is 5.69. The minimum atomic E-state index is -3.57. The van der Waals surface area contributed by atoms with Gasteiger partial charge in [-0.05, 0) is 19.1 Å². The zero-order valence-electron chi connectivity index (χ0n) is 10.2. The number of hydrogen-bond donors (Lipinski definition) is 2. The van der Waals surface area contributed by atoms with Crippen molar-refractivity contribution in [3.05, 3.63) is 23.0 Å². The molecule has 0 aromatic heterocycles. The molecule has 0 radical (unpaired) electrons. The summed E-state index contributed by atoms with van der Waals surface area (Å²) in [4.78, 5) is 11.2. The summed E-state index contributed by atoms with van der Waals surface area (Å²) < 4.78 is 42.4. The highest BCUT2D eigenvalue weighted by atomic mass is 35.5. The topological polar surface area (TPSA) is 84.5 Å². The molecule has 0 aliphatic carbocycles. The highest BCUT2D eigenvalue weighted by molar-refractivity contribution is 7.92. The van der Waals surface area contributed by atoms with Gasteiger partial charge in [0.1, 0.15) is 5.82 Å². The standard InChI is InChI=1S/C10H12ClFN2O4S/c1-3-18-10(15)13-9-5-8(14-19(2,16)17)6(11)4-7(9)12/h4-5,14H,3H2,1-2H3,(H,13,15). The zero-order chi connectivity index (χ0) is 14.6. The van der Waals surface area contributed by atoms with E-state index in [9.17, 15) is 17.6 Å². The van der Waals surface area contributed by atoms with E-state index in [-0.39, 0.29) is 23.0 Å². The highest BCUT2D eigenvalue weighted by Crippen LogP contribution is 2.29. The Hall–Kier alpha value is -1.54. The molecule has 0 spiro atoms. The normalized spacial score (nSPS) is 10.9. The predicted molar refractivity (Wildman–Crippen MR) is 70.5 cm³/mol. The molecule has 0 bridgehead atoms. The van der Waals surface area contributed by atoms with Crippen molar-refractivity contribution in [2.24, 2.45) is 0 Å². The van der Waals surface area contributed by atoms with Crippen LogP contribution in [0.2, 0.25) is 5.02 Å². The van der Waals surface area contributed by atoms with Crippen molar-refractivity contribution in [3.63, 3.8) is 0 Å². The van der Waals surface area contributed by atoms with Gasteiger partial charge in [0.15, 0.2) is 0 Å². The summed E-state index contributed by atoms with van der Waals surface area (Å²) in [6.45, 7) is 1.71. The van der Waals surface area contributed by atoms with E-state index < -0.39 is 21.9 Å². The van der Waals surface area contributed by atoms with E-state index >= 15 is 0 Å². The van der Waals surface area contributed by atoms with E-state index in [0.29, 0.717) is 0 Å². The quantitative estimate of drug-likeness (QED) is 0.894. The number of rotatable bonds is 4. The Morgan fingerprint density at radius 2 is 2.05 bits per heavy atom. The average molecular weight is 311 g/mol. The molecule has 1 amide bonds. The molecule has 1 aromatic rings. The molecular formula is C10H12ClFN2O4S. The van der Waals surface area contributed by atoms with Crippen molar-refractivity contribution in [2.75, 3.05) is 22.9 Å². The minimum absolute atomic E-state index is 0.0441. The maximum atomic E-state index is 13.5. The lowest BCUT2D eigenvalue weighted by Gasteiger charge is -2.11. The molecule has 0 aliphatic rings. The Balaban J connectivity index is 3.06. The fourth-order valence-corrected chi connectivity index (χ4v) is 2.02. The SMILES string of the molecule is CCOC(=O)Nc1cc(NS(C)(=O)=O)c(Cl)cc1F. The number of hydrogen-bond acceptors (Lipinski definition) is 4. The van der Waals surface area contributed by atoms with Crippen molar-refractivity contribution in [2.45, 2.75) is 6.92 Å². The third-order valence-electron chi connectivity index (χ3n) is 1.86. The Morgan fingerprint density at radius 3 is 2.58 bits per heavy atom. The molecule has 2 N–H and O–H groups in total. The molecule has 0 saturated heterocycles. The molecule has 1 rings (SSSR count). The molecule has 106 valence electrons. The molecule has 1 aromatic carbocycles. The first-order chi connectivity index (χ1) is 8.73. The molecule has 0 unspecified atom stereocenters. The van der Waals surface area contributed by atoms with Gasteiger partial charge in [0.25, 0.3) is 0 Å². The molecule has 0 heterocycles. The number of nitrogens with one attached hydrogen (secondary N) is 2. The van der Waals surface area contributed by atoms with Gasteiger partial charge in [-0.15, -0.1) is 0 Å². The summed E-state index contributed by atoms with van der Waals surface area (Å²) in [6, 6.07) is 1.95. The fraction of sp³-hybridized carbons (Fsp3) is 0.300. The maximum Gasteiger partial charge on any atom is 0.411 e. The Bertz CT molecular complexity index is 591. The van der Waals surface area contributed by atoms with Crippen LogP contribution in [0.1, 0.15) is 6.92 Å². The zero-order valence-corrected chi connectivity index (χ0v) is 11.7. The molecule has 19 heavy (non-hydrogen) atoms. The third-order valence-corrected chi connectivity index (χ3v) is 2.77. The first-order valence-corrected chi connectivity index (χ1v) is 7.40. The number of sulfonamides is 1. The Kier molecular flexibility index (Phi) is 4.96. The molecule has 0 saturated carbocycles. The highest BCUT2D eigenvalue weighted by Gasteiger charge is 2.14. The van der Waals surface area contributed by atoms with Gasteiger partial charge in [-0.2, -0.15) is 0 Å². The molecular weight excluding hydrogens is 299 g/mol. The summed E-state index contributed by atoms with van der Waals surface area (Å²) in [5.41, 5.74) is -0.286. The van der Waals surface area contributed by atoms with Crippen LogP contribution in [0.3, 0.4) is 0 Å². The Labute approximate surface area is 114 Å². The van der Waals surface area contributed by atoms with E-state index in [2.05, 4.69) is 14.8 Å². The number of carbonyl (C=O) groups is 1. The number of benzene rings is 1. The smallest absolute Gasteiger partial charge is 0.411 e. The second-order valence-electron chi connectivity index (χ2n) is 3.53. The van der Waals surface area contributed by atoms with Gasteiger partial charge in [0.05, 0.1) is 29.3 Å². The van der Waals surface area contributed by atoms with E-state index in [0.717, 1.165) is 18.4 Å². The van der Waals surface area contributed by atoms with Gasteiger partial charge in [-0.3, -0.25) is 10.0 Å². The second-order valence-corrected chi connectivity index (χ2v) is 5.69. The van der Waals surface area contributed by atoms with Gasteiger partial charge >= 0.3 is 6.09 Å². The van der Waals surface area contributed by atoms with Crippen LogP contribution >= 0.6 is 11.6 Å². The minimum Gasteiger partial charge on any atom is -0.450 e. The van der Waals surface area contributed by atoms with E-state index in [1.807, 2.05) is 0 Å². The number of carbonyl (C=O) groups excluding carboxylic acids is 1. The van der Waals surface area contributed by atoms with Crippen LogP contribution in [0.25, 0.3) is 0 Å². The van der Waals surface area contributed by atoms with Gasteiger partial charge in [0, 0.05) is 0 Å². The number of amides is 1. The van der Waals surface area contributed by atoms with E-state index in [1.165, 1.54) is 0 Å². The first-order valence-electron chi connectivity index (χ1n) is 5.13. The summed E-state index contributed by atoms with van der Waals surface area (Å²) in [6.07, 6.45) is 0.0690. The van der Waals surface area contributed by atoms with Gasteiger partial charge in [-0.1, -0.05) is 11.6 Å². The lowest BCUT2D eigenvalue weighted by Crippen LogP contribution is -2.15. The van der Waals surface area contributed by atoms with E-state index in [1.54, 1.807) is 6.92 Å². The van der Waals surface area contributed by atoms with Crippen molar-refractivity contribution in [3.8, 4) is 0 Å². The van der Waals surface area contributed by atoms with Crippen molar-refractivity contribution in [1.29, 1.82) is 0 Å². The second kappa shape index (κ2) is 6.07. The van der Waals surface area contributed by atoms with Gasteiger partial charge < -0.3 is 4.74 Å². The Morgan fingerprint density at radius 1 is 1.42 bits per heavy atom. The van der Waals surface area contributed by atoms with Crippen LogP contribution in [0.4, 0.5) is 20.6 Å². The molecule has 9 heteroatoms. The monoisotopic (exact) mass is 310 g/mol. The maximum absolute atomic E-state index is 13.5. The van der Waals surface area contributed by atoms with Gasteiger partial charge in [-0.25, -0.2) is 17.6 Å². The number of anilines is 2. The van der Waals surface area contributed by atoms with Crippen LogP contribution in [0, 0.1) is 5.82 Å². The fourth-order valence-electron chi connectivity index (χ4n) is 1.20. The number of halogens is 2. The van der Waals surface area contributed by atoms with E-state index in [4.69, 9.17) is 11.6 Å². The average Bonchev–Trinajstić information content (AvgIpc) is 2.23. The largest absolute Gasteiger partial charge is 0.450 e. The summed E-state index contributed by atoms with van der Waals surface area (Å²) in [5.74, 6) is -0.808. The van der Waals surface area contributed by atoms with Gasteiger partial charge in [0.2, 0.25) is 10.0 Å². The lowest BCUT2D eigenvalue weighted by molar-refractivity contribution is 0.168. The molecule has 6 nitrogen and oxygen atoms in total. The van der Waals surface area contributed by atoms with Crippen molar-refractivity contribution >= 4 is 39.1 Å². The van der Waals surface area contributed by atoms with Crippen LogP contribution in [-0.4, -0.2) is 27.4 Å². The van der Waals surface area contributed by atoms with Crippen molar-refractivity contribution in [1.82, 2.24) is 0 Å². The van der Waals surface area contributed by atoms with Crippen LogP contribution in [0.5, 0.6) is 0 Å². The van der Waals surface area contributed by atoms with Crippen LogP contribution in [-0.2, 0) is 14.8 Å². The molecule has 0 atom stereocenters. The lowest BCUT2D eigenvalue weighted by atomic mass is 10.2. The third kappa shape index (κ3) is 4.92. The summed E-state index contributed by atoms with van der Waals surface area (Å²) in [5, 5.41) is 2.01. The predicted octanol–water partition coefficient (Wildman–Crippen LogP) is 2.42.